The molecule has 0 bridgehead atoms. The minimum Gasteiger partial charge on any atom is -0.426 e. The van der Waals surface area contributed by atoms with Gasteiger partial charge in [0.15, 0.2) is 0 Å². The molecule has 3 rings (SSSR count). The second-order valence-electron chi connectivity index (χ2n) is 5.50. The number of nitrogens with one attached hydrogen (secondary N) is 1. The fourth-order valence-corrected chi connectivity index (χ4v) is 2.61. The van der Waals surface area contributed by atoms with Gasteiger partial charge in [0.25, 0.3) is 0 Å². The van der Waals surface area contributed by atoms with E-state index >= 15 is 0 Å². The monoisotopic (exact) mass is 300 g/mol. The van der Waals surface area contributed by atoms with Gasteiger partial charge in [-0.1, -0.05) is 0 Å². The van der Waals surface area contributed by atoms with E-state index in [9.17, 15) is 4.79 Å². The molecule has 0 spiro atoms. The Labute approximate surface area is 129 Å². The van der Waals surface area contributed by atoms with E-state index in [0.717, 1.165) is 18.8 Å². The number of carbonyl (C=O) groups excluding carboxylic acids is 1. The Hall–Kier alpha value is -2.37. The number of anilines is 2. The van der Waals surface area contributed by atoms with Crippen molar-refractivity contribution in [3.63, 3.8) is 0 Å². The van der Waals surface area contributed by atoms with Crippen molar-refractivity contribution in [1.82, 2.24) is 10.2 Å². The molecule has 1 aliphatic rings. The van der Waals surface area contributed by atoms with Crippen molar-refractivity contribution in [2.45, 2.75) is 32.6 Å². The number of hydrogen-bond acceptors (Lipinski definition) is 5. The Bertz CT molecular complexity index is 630. The van der Waals surface area contributed by atoms with Crippen LogP contribution < -0.4 is 10.2 Å². The predicted octanol–water partition coefficient (Wildman–Crippen LogP) is 2.55. The van der Waals surface area contributed by atoms with E-state index in [1.165, 1.54) is 18.5 Å². The smallest absolute Gasteiger partial charge is 0.224 e. The minimum atomic E-state index is -0.0511. The van der Waals surface area contributed by atoms with Gasteiger partial charge in [0.05, 0.1) is 0 Å². The van der Waals surface area contributed by atoms with Crippen molar-refractivity contribution in [1.29, 1.82) is 0 Å². The van der Waals surface area contributed by atoms with Gasteiger partial charge in [-0.05, 0) is 37.1 Å². The molecule has 0 atom stereocenters. The number of carbonyl (C=O) groups is 1. The Morgan fingerprint density at radius 3 is 2.59 bits per heavy atom. The van der Waals surface area contributed by atoms with Gasteiger partial charge in [0.1, 0.15) is 0 Å². The maximum Gasteiger partial charge on any atom is 0.224 e. The van der Waals surface area contributed by atoms with Gasteiger partial charge in [-0.2, -0.15) is 0 Å². The van der Waals surface area contributed by atoms with Crippen LogP contribution in [0.3, 0.4) is 0 Å². The summed E-state index contributed by atoms with van der Waals surface area (Å²) in [5, 5.41) is 10.5. The van der Waals surface area contributed by atoms with E-state index < -0.39 is 0 Å². The predicted molar refractivity (Wildman–Crippen MR) is 83.9 cm³/mol. The van der Waals surface area contributed by atoms with Crippen LogP contribution in [0.25, 0.3) is 0 Å². The van der Waals surface area contributed by atoms with Crippen LogP contribution >= 0.6 is 0 Å². The Morgan fingerprint density at radius 1 is 1.23 bits per heavy atom. The molecule has 1 N–H and O–H groups in total. The van der Waals surface area contributed by atoms with Crippen molar-refractivity contribution in [3.8, 4) is 0 Å². The first-order chi connectivity index (χ1) is 10.7. The molecule has 0 aliphatic carbocycles. The van der Waals surface area contributed by atoms with Crippen LogP contribution in [0.4, 0.5) is 11.4 Å². The van der Waals surface area contributed by atoms with Crippen molar-refractivity contribution in [3.05, 3.63) is 36.0 Å². The molecule has 1 amide bonds. The summed E-state index contributed by atoms with van der Waals surface area (Å²) in [5.41, 5.74) is 2.03. The third-order valence-corrected chi connectivity index (χ3v) is 3.76. The number of benzene rings is 1. The second kappa shape index (κ2) is 6.60. The lowest BCUT2D eigenvalue weighted by Crippen LogP contribution is -2.17. The highest BCUT2D eigenvalue weighted by molar-refractivity contribution is 5.90. The molecule has 1 aliphatic heterocycles. The molecule has 1 fully saturated rings. The zero-order valence-corrected chi connectivity index (χ0v) is 12.7. The van der Waals surface area contributed by atoms with E-state index in [2.05, 4.69) is 32.5 Å². The van der Waals surface area contributed by atoms with E-state index in [0.29, 0.717) is 24.6 Å². The lowest BCUT2D eigenvalue weighted by Gasteiger charge is -2.17. The van der Waals surface area contributed by atoms with Crippen LogP contribution in [-0.2, 0) is 11.2 Å². The van der Waals surface area contributed by atoms with Gasteiger partial charge < -0.3 is 14.6 Å². The molecule has 2 heterocycles. The van der Waals surface area contributed by atoms with Crippen molar-refractivity contribution >= 4 is 17.3 Å². The molecule has 0 saturated carbocycles. The maximum absolute atomic E-state index is 11.9. The fraction of sp³-hybridized carbons (Fsp3) is 0.438. The van der Waals surface area contributed by atoms with Crippen LogP contribution in [0.15, 0.2) is 28.7 Å². The third kappa shape index (κ3) is 3.63. The molecule has 2 aromatic rings. The van der Waals surface area contributed by atoms with Gasteiger partial charge in [0.2, 0.25) is 17.7 Å². The van der Waals surface area contributed by atoms with Gasteiger partial charge in [0, 0.05) is 44.2 Å². The summed E-state index contributed by atoms with van der Waals surface area (Å²) in [6.07, 6.45) is 3.30. The lowest BCUT2D eigenvalue weighted by atomic mass is 10.2. The standard InChI is InChI=1S/C16H20N4O2/c1-12-18-19-16(22-12)9-8-15(21)17-13-4-6-14(7-5-13)20-10-2-3-11-20/h4-7H,2-3,8-11H2,1H3,(H,17,21). The number of aromatic nitrogens is 2. The summed E-state index contributed by atoms with van der Waals surface area (Å²) in [6, 6.07) is 8.01. The van der Waals surface area contributed by atoms with Crippen LogP contribution in [0, 0.1) is 6.92 Å². The molecule has 0 radical (unpaired) electrons. The Balaban J connectivity index is 1.50. The molecule has 1 saturated heterocycles. The SMILES string of the molecule is Cc1nnc(CCC(=O)Nc2ccc(N3CCCC3)cc2)o1. The van der Waals surface area contributed by atoms with E-state index in [4.69, 9.17) is 4.42 Å². The van der Waals surface area contributed by atoms with Gasteiger partial charge in [-0.15, -0.1) is 10.2 Å². The van der Waals surface area contributed by atoms with Crippen LogP contribution in [0.2, 0.25) is 0 Å². The molecule has 0 unspecified atom stereocenters. The molecule has 116 valence electrons. The second-order valence-corrected chi connectivity index (χ2v) is 5.50. The maximum atomic E-state index is 11.9. The van der Waals surface area contributed by atoms with Crippen LogP contribution in [-0.4, -0.2) is 29.2 Å². The average molecular weight is 300 g/mol. The largest absolute Gasteiger partial charge is 0.426 e. The van der Waals surface area contributed by atoms with Crippen molar-refractivity contribution < 1.29 is 9.21 Å². The fourth-order valence-electron chi connectivity index (χ4n) is 2.61. The molecule has 1 aromatic carbocycles. The molecule has 22 heavy (non-hydrogen) atoms. The first-order valence-corrected chi connectivity index (χ1v) is 7.64. The van der Waals surface area contributed by atoms with Gasteiger partial charge in [-0.3, -0.25) is 4.79 Å². The first-order valence-electron chi connectivity index (χ1n) is 7.64. The third-order valence-electron chi connectivity index (χ3n) is 3.76. The lowest BCUT2D eigenvalue weighted by molar-refractivity contribution is -0.116. The van der Waals surface area contributed by atoms with Crippen LogP contribution in [0.1, 0.15) is 31.0 Å². The Kier molecular flexibility index (Phi) is 4.37. The molecule has 6 heteroatoms. The van der Waals surface area contributed by atoms with Crippen molar-refractivity contribution in [2.75, 3.05) is 23.3 Å². The summed E-state index contributed by atoms with van der Waals surface area (Å²) in [6.45, 7) is 3.98. The average Bonchev–Trinajstić information content (AvgIpc) is 3.17. The summed E-state index contributed by atoms with van der Waals surface area (Å²) >= 11 is 0. The minimum absolute atomic E-state index is 0.0511. The zero-order valence-electron chi connectivity index (χ0n) is 12.7. The number of hydrogen-bond donors (Lipinski definition) is 1. The first kappa shape index (κ1) is 14.6. The van der Waals surface area contributed by atoms with Gasteiger partial charge >= 0.3 is 0 Å². The van der Waals surface area contributed by atoms with Gasteiger partial charge in [-0.25, -0.2) is 0 Å². The number of rotatable bonds is 5. The molecular formula is C16H20N4O2. The van der Waals surface area contributed by atoms with E-state index in [-0.39, 0.29) is 5.91 Å². The highest BCUT2D eigenvalue weighted by Gasteiger charge is 2.12. The van der Waals surface area contributed by atoms with E-state index in [1.807, 2.05) is 12.1 Å². The summed E-state index contributed by atoms with van der Waals surface area (Å²) < 4.78 is 5.25. The summed E-state index contributed by atoms with van der Waals surface area (Å²) in [7, 11) is 0. The van der Waals surface area contributed by atoms with Crippen molar-refractivity contribution in [2.24, 2.45) is 0 Å². The quantitative estimate of drug-likeness (QED) is 0.919. The molecular weight excluding hydrogens is 280 g/mol. The number of amides is 1. The number of nitrogens with zero attached hydrogens (tertiary/aromatic N) is 3. The summed E-state index contributed by atoms with van der Waals surface area (Å²) in [5.74, 6) is 0.967. The highest BCUT2D eigenvalue weighted by atomic mass is 16.4. The van der Waals surface area contributed by atoms with E-state index in [1.54, 1.807) is 6.92 Å². The molecule has 6 nitrogen and oxygen atoms in total. The molecule has 1 aromatic heterocycles. The number of aryl methyl sites for hydroxylation is 2. The summed E-state index contributed by atoms with van der Waals surface area (Å²) in [4.78, 5) is 14.3. The zero-order chi connectivity index (χ0) is 15.4. The Morgan fingerprint density at radius 2 is 1.95 bits per heavy atom. The van der Waals surface area contributed by atoms with Crippen LogP contribution in [0.5, 0.6) is 0 Å². The topological polar surface area (TPSA) is 71.3 Å². The normalized spacial score (nSPS) is 14.3. The highest BCUT2D eigenvalue weighted by Crippen LogP contribution is 2.22.